The van der Waals surface area contributed by atoms with Gasteiger partial charge < -0.3 is 16.4 Å². The monoisotopic (exact) mass is 234 g/mol. The molecule has 5 nitrogen and oxygen atoms in total. The molecule has 1 unspecified atom stereocenters. The second-order valence-electron chi connectivity index (χ2n) is 4.52. The van der Waals surface area contributed by atoms with Gasteiger partial charge in [0.05, 0.1) is 11.4 Å². The second-order valence-corrected chi connectivity index (χ2v) is 4.52. The number of hydrogen-bond acceptors (Lipinski definition) is 4. The summed E-state index contributed by atoms with van der Waals surface area (Å²) in [6, 6.07) is 3.67. The third-order valence-corrected chi connectivity index (χ3v) is 2.81. The van der Waals surface area contributed by atoms with E-state index in [4.69, 9.17) is 5.73 Å². The zero-order valence-electron chi connectivity index (χ0n) is 10.2. The highest BCUT2D eigenvalue weighted by Crippen LogP contribution is 2.19. The topological polar surface area (TPSA) is 80.0 Å². The summed E-state index contributed by atoms with van der Waals surface area (Å²) >= 11 is 0. The number of nitrogens with zero attached hydrogens (tertiary/aromatic N) is 1. The Morgan fingerprint density at radius 1 is 1.53 bits per heavy atom. The molecule has 1 fully saturated rings. The fraction of sp³-hybridized carbons (Fsp3) is 0.500. The molecular weight excluding hydrogens is 216 g/mol. The molecule has 1 aromatic heterocycles. The van der Waals surface area contributed by atoms with Crippen molar-refractivity contribution in [3.8, 4) is 0 Å². The van der Waals surface area contributed by atoms with Crippen LogP contribution in [0.2, 0.25) is 0 Å². The minimum absolute atomic E-state index is 0.0174. The van der Waals surface area contributed by atoms with Crippen molar-refractivity contribution in [3.05, 3.63) is 17.8 Å². The highest BCUT2D eigenvalue weighted by Gasteiger charge is 2.25. The van der Waals surface area contributed by atoms with Crippen LogP contribution < -0.4 is 16.4 Å². The number of carbonyl (C=O) groups excluding carboxylic acids is 1. The molecule has 5 heteroatoms. The van der Waals surface area contributed by atoms with Crippen LogP contribution in [0.1, 0.15) is 25.5 Å². The van der Waals surface area contributed by atoms with E-state index in [2.05, 4.69) is 15.6 Å². The van der Waals surface area contributed by atoms with Gasteiger partial charge in [-0.3, -0.25) is 4.79 Å². The van der Waals surface area contributed by atoms with Crippen LogP contribution in [0.3, 0.4) is 0 Å². The number of hydrogen-bond donors (Lipinski definition) is 3. The molecule has 1 aromatic rings. The SMILES string of the molecule is Cc1nc(NC(C)C(=O)NC2CC2)ccc1N. The number of amides is 1. The third kappa shape index (κ3) is 3.09. The van der Waals surface area contributed by atoms with E-state index in [1.165, 1.54) is 0 Å². The summed E-state index contributed by atoms with van der Waals surface area (Å²) in [5, 5.41) is 6.01. The lowest BCUT2D eigenvalue weighted by atomic mass is 10.3. The molecule has 92 valence electrons. The van der Waals surface area contributed by atoms with E-state index in [1.54, 1.807) is 12.1 Å². The number of nitrogens with two attached hydrogens (primary N) is 1. The third-order valence-electron chi connectivity index (χ3n) is 2.81. The molecule has 1 amide bonds. The zero-order valence-corrected chi connectivity index (χ0v) is 10.2. The average molecular weight is 234 g/mol. The number of carbonyl (C=O) groups is 1. The Labute approximate surface area is 101 Å². The molecule has 4 N–H and O–H groups in total. The summed E-state index contributed by atoms with van der Waals surface area (Å²) in [6.07, 6.45) is 2.19. The van der Waals surface area contributed by atoms with Crippen molar-refractivity contribution in [1.29, 1.82) is 0 Å². The summed E-state index contributed by atoms with van der Waals surface area (Å²) < 4.78 is 0. The largest absolute Gasteiger partial charge is 0.397 e. The van der Waals surface area contributed by atoms with Gasteiger partial charge in [-0.25, -0.2) is 4.98 Å². The van der Waals surface area contributed by atoms with Gasteiger partial charge >= 0.3 is 0 Å². The van der Waals surface area contributed by atoms with Gasteiger partial charge in [-0.15, -0.1) is 0 Å². The summed E-state index contributed by atoms with van der Waals surface area (Å²) in [7, 11) is 0. The van der Waals surface area contributed by atoms with Crippen LogP contribution in [0.25, 0.3) is 0 Å². The molecule has 2 rings (SSSR count). The van der Waals surface area contributed by atoms with E-state index in [0.717, 1.165) is 18.5 Å². The molecule has 1 heterocycles. The van der Waals surface area contributed by atoms with Crippen molar-refractivity contribution in [1.82, 2.24) is 10.3 Å². The minimum atomic E-state index is -0.286. The number of nitrogen functional groups attached to an aromatic ring is 1. The van der Waals surface area contributed by atoms with Gasteiger partial charge in [0.15, 0.2) is 0 Å². The lowest BCUT2D eigenvalue weighted by molar-refractivity contribution is -0.121. The molecule has 0 aliphatic heterocycles. The second kappa shape index (κ2) is 4.61. The van der Waals surface area contributed by atoms with E-state index in [-0.39, 0.29) is 11.9 Å². The van der Waals surface area contributed by atoms with E-state index < -0.39 is 0 Å². The van der Waals surface area contributed by atoms with Gasteiger partial charge in [-0.1, -0.05) is 0 Å². The van der Waals surface area contributed by atoms with E-state index in [9.17, 15) is 4.79 Å². The Hall–Kier alpha value is -1.78. The summed E-state index contributed by atoms with van der Waals surface area (Å²) in [5.74, 6) is 0.693. The van der Waals surface area contributed by atoms with Crippen molar-refractivity contribution in [2.24, 2.45) is 0 Å². The van der Waals surface area contributed by atoms with E-state index >= 15 is 0 Å². The first kappa shape index (κ1) is 11.7. The predicted molar refractivity (Wildman–Crippen MR) is 67.6 cm³/mol. The summed E-state index contributed by atoms with van der Waals surface area (Å²) in [4.78, 5) is 16.0. The van der Waals surface area contributed by atoms with E-state index in [1.807, 2.05) is 13.8 Å². The van der Waals surface area contributed by atoms with Crippen LogP contribution >= 0.6 is 0 Å². The lowest BCUT2D eigenvalue weighted by Crippen LogP contribution is -2.38. The first-order chi connectivity index (χ1) is 8.06. The van der Waals surface area contributed by atoms with Crippen LogP contribution in [0.15, 0.2) is 12.1 Å². The zero-order chi connectivity index (χ0) is 12.4. The number of anilines is 2. The van der Waals surface area contributed by atoms with Gasteiger partial charge in [0.25, 0.3) is 0 Å². The van der Waals surface area contributed by atoms with Crippen LogP contribution in [0.5, 0.6) is 0 Å². The maximum atomic E-state index is 11.7. The molecular formula is C12H18N4O. The fourth-order valence-electron chi connectivity index (χ4n) is 1.49. The van der Waals surface area contributed by atoms with Crippen molar-refractivity contribution in [2.75, 3.05) is 11.1 Å². The Morgan fingerprint density at radius 2 is 2.24 bits per heavy atom. The summed E-state index contributed by atoms with van der Waals surface area (Å²) in [5.41, 5.74) is 7.11. The molecule has 0 spiro atoms. The average Bonchev–Trinajstić information content (AvgIpc) is 3.07. The first-order valence-electron chi connectivity index (χ1n) is 5.86. The van der Waals surface area contributed by atoms with Crippen molar-refractivity contribution < 1.29 is 4.79 Å². The lowest BCUT2D eigenvalue weighted by Gasteiger charge is -2.15. The van der Waals surface area contributed by atoms with Crippen molar-refractivity contribution >= 4 is 17.4 Å². The highest BCUT2D eigenvalue weighted by molar-refractivity contribution is 5.84. The van der Waals surface area contributed by atoms with Gasteiger partial charge in [0.2, 0.25) is 5.91 Å². The Morgan fingerprint density at radius 3 is 2.82 bits per heavy atom. The van der Waals surface area contributed by atoms with Crippen LogP contribution in [0, 0.1) is 6.92 Å². The Balaban J connectivity index is 1.94. The Bertz CT molecular complexity index is 429. The van der Waals surface area contributed by atoms with Gasteiger partial charge in [0.1, 0.15) is 11.9 Å². The molecule has 1 saturated carbocycles. The molecule has 17 heavy (non-hydrogen) atoms. The molecule has 0 radical (unpaired) electrons. The molecule has 1 atom stereocenters. The quantitative estimate of drug-likeness (QED) is 0.727. The standard InChI is InChI=1S/C12H18N4O/c1-7-10(13)5-6-11(14-7)15-8(2)12(17)16-9-3-4-9/h5-6,8-9H,3-4,13H2,1-2H3,(H,14,15)(H,16,17). The first-order valence-corrected chi connectivity index (χ1v) is 5.86. The van der Waals surface area contributed by atoms with Crippen molar-refractivity contribution in [2.45, 2.75) is 38.8 Å². The maximum absolute atomic E-state index is 11.7. The predicted octanol–water partition coefficient (Wildman–Crippen LogP) is 1.05. The van der Waals surface area contributed by atoms with Crippen molar-refractivity contribution in [3.63, 3.8) is 0 Å². The molecule has 0 bridgehead atoms. The Kier molecular flexibility index (Phi) is 3.17. The smallest absolute Gasteiger partial charge is 0.242 e. The normalized spacial score (nSPS) is 16.4. The number of nitrogens with one attached hydrogen (secondary N) is 2. The maximum Gasteiger partial charge on any atom is 0.242 e. The highest BCUT2D eigenvalue weighted by atomic mass is 16.2. The van der Waals surface area contributed by atoms with Gasteiger partial charge in [-0.05, 0) is 38.8 Å². The molecule has 0 aromatic carbocycles. The minimum Gasteiger partial charge on any atom is -0.397 e. The number of aromatic nitrogens is 1. The molecule has 1 aliphatic rings. The number of pyridine rings is 1. The molecule has 0 saturated heterocycles. The number of aryl methyl sites for hydroxylation is 1. The van der Waals surface area contributed by atoms with Crippen LogP contribution in [0.4, 0.5) is 11.5 Å². The summed E-state index contributed by atoms with van der Waals surface area (Å²) in [6.45, 7) is 3.67. The van der Waals surface area contributed by atoms with Crippen LogP contribution in [-0.2, 0) is 4.79 Å². The van der Waals surface area contributed by atoms with Crippen LogP contribution in [-0.4, -0.2) is 23.0 Å². The fourth-order valence-corrected chi connectivity index (χ4v) is 1.49. The van der Waals surface area contributed by atoms with Gasteiger partial charge in [0, 0.05) is 6.04 Å². The van der Waals surface area contributed by atoms with E-state index in [0.29, 0.717) is 17.5 Å². The van der Waals surface area contributed by atoms with Gasteiger partial charge in [-0.2, -0.15) is 0 Å². The molecule has 1 aliphatic carbocycles. The number of rotatable bonds is 4.